The summed E-state index contributed by atoms with van der Waals surface area (Å²) in [4.78, 5) is 22.1. The van der Waals surface area contributed by atoms with E-state index in [-0.39, 0.29) is 11.1 Å². The maximum atomic E-state index is 11.0. The Hall–Kier alpha value is -2.04. The van der Waals surface area contributed by atoms with Crippen molar-refractivity contribution in [2.24, 2.45) is 11.8 Å². The van der Waals surface area contributed by atoms with Crippen molar-refractivity contribution < 1.29 is 19.8 Å². The molecule has 1 aromatic rings. The molecule has 2 rings (SSSR count). The van der Waals surface area contributed by atoms with Crippen molar-refractivity contribution in [2.45, 2.75) is 32.6 Å². The van der Waals surface area contributed by atoms with Crippen molar-refractivity contribution in [1.82, 2.24) is 0 Å². The number of nitrogens with one attached hydrogen (secondary N) is 1. The Balaban J connectivity index is 2.05. The average molecular weight is 291 g/mol. The van der Waals surface area contributed by atoms with Gasteiger partial charge in [0.2, 0.25) is 0 Å². The van der Waals surface area contributed by atoms with Crippen LogP contribution in [0.25, 0.3) is 0 Å². The van der Waals surface area contributed by atoms with Gasteiger partial charge in [0.25, 0.3) is 0 Å². The fourth-order valence-electron chi connectivity index (χ4n) is 2.77. The zero-order valence-corrected chi connectivity index (χ0v) is 12.1. The maximum absolute atomic E-state index is 11.0. The molecule has 0 heterocycles. The second-order valence-electron chi connectivity index (χ2n) is 5.92. The topological polar surface area (TPSA) is 86.6 Å². The van der Waals surface area contributed by atoms with E-state index in [0.29, 0.717) is 11.6 Å². The Morgan fingerprint density at radius 2 is 1.57 bits per heavy atom. The molecule has 5 heteroatoms. The fraction of sp³-hybridized carbons (Fsp3) is 0.500. The zero-order chi connectivity index (χ0) is 15.4. The summed E-state index contributed by atoms with van der Waals surface area (Å²) in [5.74, 6) is -0.876. The second kappa shape index (κ2) is 6.61. The third-order valence-electron chi connectivity index (χ3n) is 4.16. The molecule has 1 fully saturated rings. The molecular formula is C16H21NO4. The van der Waals surface area contributed by atoms with E-state index in [0.717, 1.165) is 12.5 Å². The Labute approximate surface area is 124 Å². The van der Waals surface area contributed by atoms with Gasteiger partial charge < -0.3 is 15.5 Å². The van der Waals surface area contributed by atoms with Crippen LogP contribution in [0.1, 0.15) is 53.3 Å². The van der Waals surface area contributed by atoms with E-state index in [1.54, 1.807) is 0 Å². The van der Waals surface area contributed by atoms with Gasteiger partial charge in [-0.2, -0.15) is 0 Å². The monoisotopic (exact) mass is 291 g/mol. The van der Waals surface area contributed by atoms with Crippen LogP contribution >= 0.6 is 0 Å². The molecule has 0 aromatic heterocycles. The van der Waals surface area contributed by atoms with Gasteiger partial charge in [-0.1, -0.05) is 19.8 Å². The molecule has 1 aliphatic carbocycles. The van der Waals surface area contributed by atoms with Crippen LogP contribution in [-0.4, -0.2) is 28.7 Å². The van der Waals surface area contributed by atoms with Crippen LogP contribution in [0.4, 0.5) is 5.69 Å². The van der Waals surface area contributed by atoms with Crippen molar-refractivity contribution in [2.75, 3.05) is 11.9 Å². The predicted molar refractivity (Wildman–Crippen MR) is 80.0 cm³/mol. The number of benzene rings is 1. The van der Waals surface area contributed by atoms with Crippen LogP contribution in [0.3, 0.4) is 0 Å². The Morgan fingerprint density at radius 3 is 2.05 bits per heavy atom. The molecule has 5 nitrogen and oxygen atoms in total. The van der Waals surface area contributed by atoms with Gasteiger partial charge in [0.05, 0.1) is 11.1 Å². The first kappa shape index (κ1) is 15.4. The van der Waals surface area contributed by atoms with Crippen molar-refractivity contribution in [3.63, 3.8) is 0 Å². The number of carboxylic acids is 2. The number of carbonyl (C=O) groups is 2. The summed E-state index contributed by atoms with van der Waals surface area (Å²) in [5.41, 5.74) is 0.551. The molecule has 0 aliphatic heterocycles. The zero-order valence-electron chi connectivity index (χ0n) is 12.1. The molecule has 3 N–H and O–H groups in total. The summed E-state index contributed by atoms with van der Waals surface area (Å²) in [5, 5.41) is 21.3. The summed E-state index contributed by atoms with van der Waals surface area (Å²) in [6, 6.07) is 4.15. The number of anilines is 1. The van der Waals surface area contributed by atoms with Gasteiger partial charge in [-0.15, -0.1) is 0 Å². The van der Waals surface area contributed by atoms with Crippen LogP contribution in [-0.2, 0) is 0 Å². The van der Waals surface area contributed by atoms with Crippen LogP contribution in [0.15, 0.2) is 18.2 Å². The van der Waals surface area contributed by atoms with Gasteiger partial charge in [-0.25, -0.2) is 9.59 Å². The average Bonchev–Trinajstić information content (AvgIpc) is 2.46. The van der Waals surface area contributed by atoms with Crippen molar-refractivity contribution in [3.8, 4) is 0 Å². The smallest absolute Gasteiger partial charge is 0.335 e. The number of hydrogen-bond acceptors (Lipinski definition) is 3. The largest absolute Gasteiger partial charge is 0.478 e. The highest BCUT2D eigenvalue weighted by atomic mass is 16.4. The number of rotatable bonds is 5. The normalized spacial score (nSPS) is 21.8. The predicted octanol–water partition coefficient (Wildman–Crippen LogP) is 3.32. The van der Waals surface area contributed by atoms with Gasteiger partial charge in [0, 0.05) is 12.2 Å². The first-order valence-corrected chi connectivity index (χ1v) is 7.31. The molecule has 0 amide bonds. The number of aromatic carboxylic acids is 2. The Bertz CT molecular complexity index is 501. The van der Waals surface area contributed by atoms with E-state index in [1.807, 2.05) is 0 Å². The third kappa shape index (κ3) is 4.21. The highest BCUT2D eigenvalue weighted by Crippen LogP contribution is 2.28. The van der Waals surface area contributed by atoms with Crippen molar-refractivity contribution >= 4 is 17.6 Å². The minimum atomic E-state index is -1.12. The number of hydrogen-bond donors (Lipinski definition) is 3. The molecule has 114 valence electrons. The lowest BCUT2D eigenvalue weighted by Gasteiger charge is -2.26. The minimum absolute atomic E-state index is 0.00494. The van der Waals surface area contributed by atoms with E-state index in [1.165, 1.54) is 43.9 Å². The lowest BCUT2D eigenvalue weighted by molar-refractivity contribution is 0.0696. The molecule has 0 unspecified atom stereocenters. The van der Waals surface area contributed by atoms with Gasteiger partial charge in [-0.05, 0) is 42.9 Å². The molecular weight excluding hydrogens is 270 g/mol. The van der Waals surface area contributed by atoms with E-state index >= 15 is 0 Å². The van der Waals surface area contributed by atoms with Gasteiger partial charge in [0.1, 0.15) is 0 Å². The van der Waals surface area contributed by atoms with E-state index in [9.17, 15) is 9.59 Å². The minimum Gasteiger partial charge on any atom is -0.478 e. The first-order valence-electron chi connectivity index (χ1n) is 7.31. The highest BCUT2D eigenvalue weighted by Gasteiger charge is 2.18. The highest BCUT2D eigenvalue weighted by molar-refractivity contribution is 5.95. The quantitative estimate of drug-likeness (QED) is 0.774. The van der Waals surface area contributed by atoms with Crippen molar-refractivity contribution in [1.29, 1.82) is 0 Å². The number of carboxylic acid groups (broad SMARTS) is 2. The second-order valence-corrected chi connectivity index (χ2v) is 5.92. The van der Waals surface area contributed by atoms with Gasteiger partial charge in [-0.3, -0.25) is 0 Å². The first-order chi connectivity index (χ1) is 9.95. The molecule has 21 heavy (non-hydrogen) atoms. The Kier molecular flexibility index (Phi) is 4.83. The molecule has 1 aliphatic rings. The third-order valence-corrected chi connectivity index (χ3v) is 4.16. The summed E-state index contributed by atoms with van der Waals surface area (Å²) in [7, 11) is 0. The van der Waals surface area contributed by atoms with Gasteiger partial charge in [0.15, 0.2) is 0 Å². The maximum Gasteiger partial charge on any atom is 0.335 e. The van der Waals surface area contributed by atoms with Crippen LogP contribution in [0.2, 0.25) is 0 Å². The summed E-state index contributed by atoms with van der Waals surface area (Å²) >= 11 is 0. The summed E-state index contributed by atoms with van der Waals surface area (Å²) in [6.07, 6.45) is 4.78. The molecule has 0 atom stereocenters. The molecule has 0 bridgehead atoms. The fourth-order valence-corrected chi connectivity index (χ4v) is 2.77. The van der Waals surface area contributed by atoms with E-state index in [2.05, 4.69) is 12.2 Å². The SMILES string of the molecule is CC1CCC(CNc2cc(C(=O)O)cc(C(=O)O)c2)CC1. The molecule has 1 saturated carbocycles. The molecule has 0 spiro atoms. The van der Waals surface area contributed by atoms with Crippen molar-refractivity contribution in [3.05, 3.63) is 29.3 Å². The van der Waals surface area contributed by atoms with Crippen LogP contribution in [0.5, 0.6) is 0 Å². The molecule has 0 saturated heterocycles. The molecule has 0 radical (unpaired) electrons. The summed E-state index contributed by atoms with van der Waals surface area (Å²) < 4.78 is 0. The lowest BCUT2D eigenvalue weighted by Crippen LogP contribution is -2.20. The van der Waals surface area contributed by atoms with E-state index < -0.39 is 11.9 Å². The standard InChI is InChI=1S/C16H21NO4/c1-10-2-4-11(5-3-10)9-17-14-7-12(15(18)19)6-13(8-14)16(20)21/h6-8,10-11,17H,2-5,9H2,1H3,(H,18,19)(H,20,21). The molecule has 1 aromatic carbocycles. The van der Waals surface area contributed by atoms with Crippen LogP contribution in [0, 0.1) is 11.8 Å². The van der Waals surface area contributed by atoms with Crippen LogP contribution < -0.4 is 5.32 Å². The van der Waals surface area contributed by atoms with Gasteiger partial charge >= 0.3 is 11.9 Å². The summed E-state index contributed by atoms with van der Waals surface area (Å²) in [6.45, 7) is 3.02. The Morgan fingerprint density at radius 1 is 1.05 bits per heavy atom. The van der Waals surface area contributed by atoms with E-state index in [4.69, 9.17) is 10.2 Å². The lowest BCUT2D eigenvalue weighted by atomic mass is 9.83.